The van der Waals surface area contributed by atoms with Crippen molar-refractivity contribution in [2.24, 2.45) is 5.73 Å². The summed E-state index contributed by atoms with van der Waals surface area (Å²) in [6.07, 6.45) is 0. The van der Waals surface area contributed by atoms with Crippen molar-refractivity contribution in [2.45, 2.75) is 19.4 Å². The molecule has 0 aliphatic heterocycles. The Labute approximate surface area is 122 Å². The highest BCUT2D eigenvalue weighted by Gasteiger charge is 2.12. The number of amides is 1. The molecule has 0 aliphatic carbocycles. The molecule has 4 nitrogen and oxygen atoms in total. The Balaban J connectivity index is 0.00000324. The fourth-order valence-corrected chi connectivity index (χ4v) is 1.26. The lowest BCUT2D eigenvalue weighted by atomic mass is 10.1. The van der Waals surface area contributed by atoms with Crippen LogP contribution in [0.1, 0.15) is 13.8 Å². The highest BCUT2D eigenvalue weighted by atomic mass is 35.5. The van der Waals surface area contributed by atoms with Crippen LogP contribution in [0.15, 0.2) is 18.2 Å². The molecule has 1 aromatic carbocycles. The topological polar surface area (TPSA) is 64.3 Å². The van der Waals surface area contributed by atoms with Crippen LogP contribution in [0.4, 0.5) is 4.39 Å². The monoisotopic (exact) mass is 310 g/mol. The SMILES string of the molecule is CC(C)(N)CNC(=O)COc1ccc(F)c(Cl)c1.Cl. The van der Waals surface area contributed by atoms with Crippen LogP contribution in [0, 0.1) is 5.82 Å². The summed E-state index contributed by atoms with van der Waals surface area (Å²) >= 11 is 5.58. The lowest BCUT2D eigenvalue weighted by Gasteiger charge is -2.18. The zero-order valence-corrected chi connectivity index (χ0v) is 12.3. The molecule has 0 aromatic heterocycles. The Morgan fingerprint density at radius 2 is 2.16 bits per heavy atom. The number of carbonyl (C=O) groups is 1. The highest BCUT2D eigenvalue weighted by Crippen LogP contribution is 2.20. The smallest absolute Gasteiger partial charge is 0.258 e. The Morgan fingerprint density at radius 3 is 2.68 bits per heavy atom. The minimum Gasteiger partial charge on any atom is -0.484 e. The number of benzene rings is 1. The zero-order chi connectivity index (χ0) is 13.8. The Kier molecular flexibility index (Phi) is 7.11. The Morgan fingerprint density at radius 1 is 1.53 bits per heavy atom. The molecule has 0 heterocycles. The van der Waals surface area contributed by atoms with Gasteiger partial charge >= 0.3 is 0 Å². The summed E-state index contributed by atoms with van der Waals surface area (Å²) in [5.74, 6) is -0.490. The third kappa shape index (κ3) is 7.20. The average molecular weight is 311 g/mol. The summed E-state index contributed by atoms with van der Waals surface area (Å²) in [5.41, 5.74) is 5.24. The van der Waals surface area contributed by atoms with E-state index >= 15 is 0 Å². The van der Waals surface area contributed by atoms with Crippen LogP contribution in [0.5, 0.6) is 5.75 Å². The molecule has 0 spiro atoms. The van der Waals surface area contributed by atoms with Gasteiger partial charge in [0.15, 0.2) is 6.61 Å². The van der Waals surface area contributed by atoms with Crippen LogP contribution in [0.3, 0.4) is 0 Å². The van der Waals surface area contributed by atoms with Crippen molar-refractivity contribution in [2.75, 3.05) is 13.2 Å². The maximum Gasteiger partial charge on any atom is 0.258 e. The minimum atomic E-state index is -0.529. The second-order valence-electron chi connectivity index (χ2n) is 4.63. The average Bonchev–Trinajstić information content (AvgIpc) is 2.27. The van der Waals surface area contributed by atoms with Gasteiger partial charge in [-0.25, -0.2) is 4.39 Å². The lowest BCUT2D eigenvalue weighted by molar-refractivity contribution is -0.123. The van der Waals surface area contributed by atoms with Gasteiger partial charge in [-0.2, -0.15) is 0 Å². The molecule has 0 radical (unpaired) electrons. The van der Waals surface area contributed by atoms with E-state index in [2.05, 4.69) is 5.32 Å². The van der Waals surface area contributed by atoms with Crippen molar-refractivity contribution in [1.29, 1.82) is 0 Å². The van der Waals surface area contributed by atoms with E-state index in [9.17, 15) is 9.18 Å². The number of hydrogen-bond donors (Lipinski definition) is 2. The van der Waals surface area contributed by atoms with Gasteiger partial charge in [-0.05, 0) is 26.0 Å². The molecule has 108 valence electrons. The van der Waals surface area contributed by atoms with Gasteiger partial charge in [-0.15, -0.1) is 12.4 Å². The summed E-state index contributed by atoms with van der Waals surface area (Å²) < 4.78 is 18.0. The van der Waals surface area contributed by atoms with Crippen molar-refractivity contribution in [1.82, 2.24) is 5.32 Å². The largest absolute Gasteiger partial charge is 0.484 e. The van der Waals surface area contributed by atoms with Crippen LogP contribution >= 0.6 is 24.0 Å². The van der Waals surface area contributed by atoms with Crippen LogP contribution in [0.25, 0.3) is 0 Å². The van der Waals surface area contributed by atoms with Crippen LogP contribution in [-0.4, -0.2) is 24.6 Å². The van der Waals surface area contributed by atoms with Gasteiger partial charge in [0.1, 0.15) is 11.6 Å². The Hall–Kier alpha value is -1.04. The van der Waals surface area contributed by atoms with Crippen LogP contribution in [-0.2, 0) is 4.79 Å². The molecule has 1 aromatic rings. The van der Waals surface area contributed by atoms with Crippen molar-refractivity contribution in [3.05, 3.63) is 29.0 Å². The van der Waals surface area contributed by atoms with E-state index < -0.39 is 11.4 Å². The fraction of sp³-hybridized carbons (Fsp3) is 0.417. The molecule has 0 aliphatic rings. The van der Waals surface area contributed by atoms with E-state index in [-0.39, 0.29) is 29.9 Å². The highest BCUT2D eigenvalue weighted by molar-refractivity contribution is 6.30. The van der Waals surface area contributed by atoms with E-state index in [1.807, 2.05) is 0 Å². The number of halogens is 3. The van der Waals surface area contributed by atoms with Crippen LogP contribution < -0.4 is 15.8 Å². The molecule has 19 heavy (non-hydrogen) atoms. The number of ether oxygens (including phenoxy) is 1. The maximum absolute atomic E-state index is 12.9. The summed E-state index contributed by atoms with van der Waals surface area (Å²) in [6, 6.07) is 3.90. The van der Waals surface area contributed by atoms with Crippen molar-refractivity contribution in [3.8, 4) is 5.75 Å². The predicted octanol–water partition coefficient (Wildman–Crippen LogP) is 2.13. The van der Waals surface area contributed by atoms with Crippen molar-refractivity contribution < 1.29 is 13.9 Å². The normalized spacial score (nSPS) is 10.6. The Bertz CT molecular complexity index is 436. The molecule has 0 fully saturated rings. The van der Waals surface area contributed by atoms with Gasteiger partial charge in [0.05, 0.1) is 5.02 Å². The first-order chi connectivity index (χ1) is 8.28. The lowest BCUT2D eigenvalue weighted by Crippen LogP contribution is -2.46. The van der Waals surface area contributed by atoms with E-state index in [1.54, 1.807) is 13.8 Å². The molecule has 0 unspecified atom stereocenters. The second kappa shape index (κ2) is 7.53. The first-order valence-corrected chi connectivity index (χ1v) is 5.79. The van der Waals surface area contributed by atoms with E-state index in [0.717, 1.165) is 0 Å². The zero-order valence-electron chi connectivity index (χ0n) is 10.7. The fourth-order valence-electron chi connectivity index (χ4n) is 1.09. The van der Waals surface area contributed by atoms with E-state index in [4.69, 9.17) is 22.1 Å². The van der Waals surface area contributed by atoms with E-state index in [1.165, 1.54) is 18.2 Å². The summed E-state index contributed by atoms with van der Waals surface area (Å²) in [6.45, 7) is 3.78. The van der Waals surface area contributed by atoms with Crippen molar-refractivity contribution in [3.63, 3.8) is 0 Å². The number of nitrogens with two attached hydrogens (primary N) is 1. The van der Waals surface area contributed by atoms with Crippen LogP contribution in [0.2, 0.25) is 5.02 Å². The first kappa shape index (κ1) is 18.0. The van der Waals surface area contributed by atoms with Crippen molar-refractivity contribution >= 4 is 29.9 Å². The molecule has 0 atom stereocenters. The summed E-state index contributed by atoms with van der Waals surface area (Å²) in [7, 11) is 0. The number of hydrogen-bond acceptors (Lipinski definition) is 3. The van der Waals surface area contributed by atoms with Gasteiger partial charge in [0.25, 0.3) is 5.91 Å². The number of carbonyl (C=O) groups excluding carboxylic acids is 1. The van der Waals surface area contributed by atoms with Gasteiger partial charge in [0, 0.05) is 18.2 Å². The minimum absolute atomic E-state index is 0. The molecule has 0 saturated heterocycles. The standard InChI is InChI=1S/C12H16ClFN2O2.ClH/c1-12(2,15)7-16-11(17)6-18-8-3-4-10(14)9(13)5-8;/h3-5H,6-7,15H2,1-2H3,(H,16,17);1H. The molecule has 3 N–H and O–H groups in total. The van der Waals surface area contributed by atoms with Gasteiger partial charge in [-0.1, -0.05) is 11.6 Å². The third-order valence-electron chi connectivity index (χ3n) is 2.00. The van der Waals surface area contributed by atoms with Gasteiger partial charge < -0.3 is 15.8 Å². The maximum atomic E-state index is 12.9. The number of nitrogens with one attached hydrogen (secondary N) is 1. The van der Waals surface area contributed by atoms with Gasteiger partial charge in [-0.3, -0.25) is 4.79 Å². The number of rotatable bonds is 5. The quantitative estimate of drug-likeness (QED) is 0.875. The summed E-state index contributed by atoms with van der Waals surface area (Å²) in [5, 5.41) is 2.58. The molecule has 1 amide bonds. The molecule has 0 bridgehead atoms. The molecular formula is C12H17Cl2FN2O2. The molecule has 7 heteroatoms. The molecule has 0 saturated carbocycles. The van der Waals surface area contributed by atoms with Gasteiger partial charge in [0.2, 0.25) is 0 Å². The second-order valence-corrected chi connectivity index (χ2v) is 5.04. The van der Waals surface area contributed by atoms with E-state index in [0.29, 0.717) is 12.3 Å². The third-order valence-corrected chi connectivity index (χ3v) is 2.29. The summed E-state index contributed by atoms with van der Waals surface area (Å²) in [4.78, 5) is 11.4. The molecular weight excluding hydrogens is 294 g/mol. The first-order valence-electron chi connectivity index (χ1n) is 5.41. The molecule has 1 rings (SSSR count). The predicted molar refractivity (Wildman–Crippen MR) is 75.4 cm³/mol.